The minimum Gasteiger partial charge on any atom is -0.379 e. The number of carbonyl (C=O) groups excluding carboxylic acids is 1. The van der Waals surface area contributed by atoms with Crippen molar-refractivity contribution in [2.24, 2.45) is 0 Å². The first-order valence-electron chi connectivity index (χ1n) is 8.52. The van der Waals surface area contributed by atoms with Crippen LogP contribution in [0.15, 0.2) is 59.5 Å². The maximum atomic E-state index is 12.8. The summed E-state index contributed by atoms with van der Waals surface area (Å²) in [5.41, 5.74) is 0.451. The van der Waals surface area contributed by atoms with Crippen molar-refractivity contribution in [1.82, 2.24) is 4.31 Å². The predicted octanol–water partition coefficient (Wildman–Crippen LogP) is 3.17. The van der Waals surface area contributed by atoms with E-state index in [2.05, 4.69) is 5.32 Å². The maximum Gasteiger partial charge on any atom is 0.265 e. The Balaban J connectivity index is 1.56. The lowest BCUT2D eigenvalue weighted by atomic mass is 10.2. The molecule has 1 amide bonds. The summed E-state index contributed by atoms with van der Waals surface area (Å²) in [6.45, 7) is 1.45. The van der Waals surface area contributed by atoms with E-state index < -0.39 is 10.0 Å². The molecule has 6 nitrogen and oxygen atoms in total. The van der Waals surface area contributed by atoms with E-state index in [1.54, 1.807) is 18.2 Å². The summed E-state index contributed by atoms with van der Waals surface area (Å²) in [5, 5.41) is 3.81. The molecule has 2 heterocycles. The molecule has 0 radical (unpaired) electrons. The van der Waals surface area contributed by atoms with Gasteiger partial charge in [0.1, 0.15) is 0 Å². The summed E-state index contributed by atoms with van der Waals surface area (Å²) >= 11 is 1.40. The number of hydrogen-bond donors (Lipinski definition) is 1. The number of hydrogen-bond acceptors (Lipinski definition) is 5. The van der Waals surface area contributed by atoms with Crippen molar-refractivity contribution in [2.45, 2.75) is 4.90 Å². The summed E-state index contributed by atoms with van der Waals surface area (Å²) < 4.78 is 33.2. The first kappa shape index (κ1) is 18.1. The number of amides is 1. The van der Waals surface area contributed by atoms with E-state index in [1.807, 2.05) is 30.3 Å². The second kappa shape index (κ2) is 7.40. The fraction of sp³-hybridized carbons (Fsp3) is 0.211. The third kappa shape index (κ3) is 3.74. The van der Waals surface area contributed by atoms with Crippen LogP contribution in [0.5, 0.6) is 0 Å². The molecule has 1 aromatic heterocycles. The highest BCUT2D eigenvalue weighted by atomic mass is 32.2. The standard InChI is InChI=1S/C19H18N2O4S2/c22-19(18-12-14-4-1-2-7-17(14)26-18)20-15-5-3-6-16(13-15)27(23,24)21-8-10-25-11-9-21/h1-7,12-13H,8-11H2,(H,20,22). The molecule has 3 aromatic rings. The van der Waals surface area contributed by atoms with E-state index in [1.165, 1.54) is 21.7 Å². The molecule has 0 bridgehead atoms. The van der Waals surface area contributed by atoms with Gasteiger partial charge in [-0.2, -0.15) is 4.31 Å². The Morgan fingerprint density at radius 1 is 1.04 bits per heavy atom. The Morgan fingerprint density at radius 3 is 2.59 bits per heavy atom. The van der Waals surface area contributed by atoms with Crippen LogP contribution in [0.1, 0.15) is 9.67 Å². The van der Waals surface area contributed by atoms with Crippen LogP contribution in [-0.4, -0.2) is 44.9 Å². The number of rotatable bonds is 4. The molecule has 0 aliphatic carbocycles. The SMILES string of the molecule is O=C(Nc1cccc(S(=O)(=O)N2CCOCC2)c1)c1cc2ccccc2s1. The highest BCUT2D eigenvalue weighted by Crippen LogP contribution is 2.26. The molecule has 140 valence electrons. The van der Waals surface area contributed by atoms with E-state index in [0.29, 0.717) is 36.9 Å². The number of morpholine rings is 1. The van der Waals surface area contributed by atoms with Crippen molar-refractivity contribution in [1.29, 1.82) is 0 Å². The van der Waals surface area contributed by atoms with E-state index >= 15 is 0 Å². The molecular weight excluding hydrogens is 384 g/mol. The Labute approximate surface area is 161 Å². The number of nitrogens with one attached hydrogen (secondary N) is 1. The van der Waals surface area contributed by atoms with Crippen molar-refractivity contribution in [3.8, 4) is 0 Å². The molecule has 2 aromatic carbocycles. The number of ether oxygens (including phenoxy) is 1. The van der Waals surface area contributed by atoms with Crippen LogP contribution in [-0.2, 0) is 14.8 Å². The van der Waals surface area contributed by atoms with Crippen LogP contribution in [0.25, 0.3) is 10.1 Å². The Hall–Kier alpha value is -2.26. The van der Waals surface area contributed by atoms with Crippen molar-refractivity contribution >= 4 is 43.0 Å². The fourth-order valence-electron chi connectivity index (χ4n) is 2.96. The molecule has 0 unspecified atom stereocenters. The minimum absolute atomic E-state index is 0.165. The van der Waals surface area contributed by atoms with E-state index in [4.69, 9.17) is 4.74 Å². The van der Waals surface area contributed by atoms with Crippen LogP contribution < -0.4 is 5.32 Å². The summed E-state index contributed by atoms with van der Waals surface area (Å²) in [4.78, 5) is 13.3. The molecule has 1 N–H and O–H groups in total. The van der Waals surface area contributed by atoms with Gasteiger partial charge in [0.25, 0.3) is 5.91 Å². The zero-order valence-electron chi connectivity index (χ0n) is 14.4. The zero-order chi connectivity index (χ0) is 18.9. The average Bonchev–Trinajstić information content (AvgIpc) is 3.13. The Morgan fingerprint density at radius 2 is 1.81 bits per heavy atom. The van der Waals surface area contributed by atoms with Gasteiger partial charge in [-0.25, -0.2) is 8.42 Å². The van der Waals surface area contributed by atoms with Gasteiger partial charge in [-0.3, -0.25) is 4.79 Å². The third-order valence-corrected chi connectivity index (χ3v) is 7.36. The van der Waals surface area contributed by atoms with Gasteiger partial charge >= 0.3 is 0 Å². The van der Waals surface area contributed by atoms with Crippen LogP contribution in [0.4, 0.5) is 5.69 Å². The van der Waals surface area contributed by atoms with Gasteiger partial charge in [-0.05, 0) is 35.7 Å². The van der Waals surface area contributed by atoms with Gasteiger partial charge in [0.15, 0.2) is 0 Å². The fourth-order valence-corrected chi connectivity index (χ4v) is 5.37. The smallest absolute Gasteiger partial charge is 0.265 e. The highest BCUT2D eigenvalue weighted by Gasteiger charge is 2.26. The summed E-state index contributed by atoms with van der Waals surface area (Å²) in [5.74, 6) is -0.253. The predicted molar refractivity (Wildman–Crippen MR) is 106 cm³/mol. The molecule has 1 aliphatic heterocycles. The van der Waals surface area contributed by atoms with E-state index in [0.717, 1.165) is 10.1 Å². The second-order valence-corrected chi connectivity index (χ2v) is 9.17. The normalized spacial score (nSPS) is 15.7. The number of anilines is 1. The lowest BCUT2D eigenvalue weighted by Gasteiger charge is -2.26. The Kier molecular flexibility index (Phi) is 4.96. The molecule has 4 rings (SSSR count). The Bertz CT molecular complexity index is 1050. The van der Waals surface area contributed by atoms with Gasteiger partial charge < -0.3 is 10.1 Å². The largest absolute Gasteiger partial charge is 0.379 e. The maximum absolute atomic E-state index is 12.8. The van der Waals surface area contributed by atoms with Gasteiger partial charge in [0.05, 0.1) is 23.0 Å². The first-order chi connectivity index (χ1) is 13.0. The number of sulfonamides is 1. The monoisotopic (exact) mass is 402 g/mol. The lowest BCUT2D eigenvalue weighted by Crippen LogP contribution is -2.40. The van der Waals surface area contributed by atoms with Crippen LogP contribution in [0, 0.1) is 0 Å². The van der Waals surface area contributed by atoms with Gasteiger partial charge in [0.2, 0.25) is 10.0 Å². The van der Waals surface area contributed by atoms with Crippen LogP contribution in [0.3, 0.4) is 0 Å². The molecule has 0 atom stereocenters. The van der Waals surface area contributed by atoms with Gasteiger partial charge in [0, 0.05) is 23.5 Å². The van der Waals surface area contributed by atoms with Crippen molar-refractivity contribution in [3.05, 3.63) is 59.5 Å². The molecule has 27 heavy (non-hydrogen) atoms. The molecule has 1 fully saturated rings. The summed E-state index contributed by atoms with van der Waals surface area (Å²) in [7, 11) is -3.60. The number of thiophene rings is 1. The van der Waals surface area contributed by atoms with Crippen molar-refractivity contribution in [2.75, 3.05) is 31.6 Å². The van der Waals surface area contributed by atoms with Crippen LogP contribution >= 0.6 is 11.3 Å². The molecular formula is C19H18N2O4S2. The highest BCUT2D eigenvalue weighted by molar-refractivity contribution is 7.89. The van der Waals surface area contributed by atoms with E-state index in [-0.39, 0.29) is 10.8 Å². The number of nitrogens with zero attached hydrogens (tertiary/aromatic N) is 1. The number of fused-ring (bicyclic) bond motifs is 1. The van der Waals surface area contributed by atoms with Crippen molar-refractivity contribution in [3.63, 3.8) is 0 Å². The average molecular weight is 402 g/mol. The third-order valence-electron chi connectivity index (χ3n) is 4.35. The number of carbonyl (C=O) groups is 1. The molecule has 8 heteroatoms. The number of benzene rings is 2. The lowest BCUT2D eigenvalue weighted by molar-refractivity contribution is 0.0730. The first-order valence-corrected chi connectivity index (χ1v) is 10.8. The topological polar surface area (TPSA) is 75.7 Å². The molecule has 0 spiro atoms. The molecule has 1 saturated heterocycles. The van der Waals surface area contributed by atoms with Gasteiger partial charge in [-0.1, -0.05) is 24.3 Å². The van der Waals surface area contributed by atoms with Gasteiger partial charge in [-0.15, -0.1) is 11.3 Å². The zero-order valence-corrected chi connectivity index (χ0v) is 16.1. The minimum atomic E-state index is -3.60. The summed E-state index contributed by atoms with van der Waals surface area (Å²) in [6, 6.07) is 16.0. The molecule has 1 aliphatic rings. The second-order valence-electron chi connectivity index (χ2n) is 6.15. The van der Waals surface area contributed by atoms with E-state index in [9.17, 15) is 13.2 Å². The quantitative estimate of drug-likeness (QED) is 0.727. The summed E-state index contributed by atoms with van der Waals surface area (Å²) in [6.07, 6.45) is 0. The molecule has 0 saturated carbocycles. The van der Waals surface area contributed by atoms with Crippen molar-refractivity contribution < 1.29 is 17.9 Å². The van der Waals surface area contributed by atoms with Crippen LogP contribution in [0.2, 0.25) is 0 Å².